The van der Waals surface area contributed by atoms with Gasteiger partial charge in [-0.3, -0.25) is 4.79 Å². The molecule has 0 aliphatic heterocycles. The summed E-state index contributed by atoms with van der Waals surface area (Å²) < 4.78 is 4.86. The summed E-state index contributed by atoms with van der Waals surface area (Å²) >= 11 is 1.34. The van der Waals surface area contributed by atoms with Gasteiger partial charge in [0.25, 0.3) is 5.91 Å². The molecular weight excluding hydrogens is 222 g/mol. The molecule has 0 saturated carbocycles. The van der Waals surface area contributed by atoms with Gasteiger partial charge in [0.05, 0.1) is 4.70 Å². The summed E-state index contributed by atoms with van der Waals surface area (Å²) in [4.78, 5) is 13.8. The zero-order valence-electron chi connectivity index (χ0n) is 9.30. The summed E-state index contributed by atoms with van der Waals surface area (Å²) in [5, 5.41) is 3.97. The number of fused-ring (bicyclic) bond motifs is 1. The molecule has 84 valence electrons. The summed E-state index contributed by atoms with van der Waals surface area (Å²) in [7, 11) is 0. The maximum Gasteiger partial charge on any atom is 0.253 e. The van der Waals surface area contributed by atoms with Crippen LogP contribution in [-0.4, -0.2) is 33.5 Å². The standard InChI is InChI=1S/C11H13N3OS/c1-3-14(4-2)11(15)8-5-6-10-9(7-8)12-13-16-10/h5-7H,3-4H2,1-2H3. The fourth-order valence-electron chi connectivity index (χ4n) is 1.61. The molecule has 0 bridgehead atoms. The zero-order valence-corrected chi connectivity index (χ0v) is 10.1. The van der Waals surface area contributed by atoms with Crippen LogP contribution in [0.25, 0.3) is 10.2 Å². The van der Waals surface area contributed by atoms with Gasteiger partial charge in [0.15, 0.2) is 0 Å². The van der Waals surface area contributed by atoms with E-state index in [2.05, 4.69) is 9.59 Å². The van der Waals surface area contributed by atoms with Gasteiger partial charge in [-0.2, -0.15) is 0 Å². The van der Waals surface area contributed by atoms with Gasteiger partial charge in [-0.1, -0.05) is 4.49 Å². The second kappa shape index (κ2) is 4.57. The zero-order chi connectivity index (χ0) is 11.5. The fourth-order valence-corrected chi connectivity index (χ4v) is 2.15. The fraction of sp³-hybridized carbons (Fsp3) is 0.364. The largest absolute Gasteiger partial charge is 0.339 e. The molecule has 0 N–H and O–H groups in total. The molecule has 2 aromatic rings. The molecule has 16 heavy (non-hydrogen) atoms. The van der Waals surface area contributed by atoms with Crippen molar-refractivity contribution >= 4 is 27.7 Å². The average Bonchev–Trinajstić information content (AvgIpc) is 2.77. The summed E-state index contributed by atoms with van der Waals surface area (Å²) in [6.45, 7) is 5.40. The Kier molecular flexibility index (Phi) is 3.14. The summed E-state index contributed by atoms with van der Waals surface area (Å²) in [6, 6.07) is 5.54. The van der Waals surface area contributed by atoms with Crippen LogP contribution in [0.3, 0.4) is 0 Å². The highest BCUT2D eigenvalue weighted by molar-refractivity contribution is 7.12. The van der Waals surface area contributed by atoms with Crippen molar-refractivity contribution < 1.29 is 4.79 Å². The average molecular weight is 235 g/mol. The first kappa shape index (κ1) is 11.0. The number of carbonyl (C=O) groups excluding carboxylic acids is 1. The first-order valence-electron chi connectivity index (χ1n) is 5.27. The van der Waals surface area contributed by atoms with Crippen LogP contribution < -0.4 is 0 Å². The number of rotatable bonds is 3. The molecule has 0 aliphatic rings. The van der Waals surface area contributed by atoms with E-state index in [1.54, 1.807) is 11.0 Å². The molecule has 0 unspecified atom stereocenters. The second-order valence-corrected chi connectivity index (χ2v) is 4.22. The van der Waals surface area contributed by atoms with Crippen molar-refractivity contribution in [2.45, 2.75) is 13.8 Å². The molecule has 0 aliphatic carbocycles. The van der Waals surface area contributed by atoms with E-state index in [4.69, 9.17) is 0 Å². The van der Waals surface area contributed by atoms with Crippen LogP contribution in [0.4, 0.5) is 0 Å². The Balaban J connectivity index is 2.35. The van der Waals surface area contributed by atoms with Gasteiger partial charge >= 0.3 is 0 Å². The molecule has 1 aromatic heterocycles. The lowest BCUT2D eigenvalue weighted by Gasteiger charge is -2.18. The Morgan fingerprint density at radius 3 is 2.81 bits per heavy atom. The highest BCUT2D eigenvalue weighted by atomic mass is 32.1. The molecular formula is C11H13N3OS. The van der Waals surface area contributed by atoms with Crippen LogP contribution in [0.1, 0.15) is 24.2 Å². The Morgan fingerprint density at radius 1 is 1.38 bits per heavy atom. The van der Waals surface area contributed by atoms with Crippen molar-refractivity contribution in [3.05, 3.63) is 23.8 Å². The van der Waals surface area contributed by atoms with Crippen molar-refractivity contribution in [1.82, 2.24) is 14.5 Å². The third-order valence-electron chi connectivity index (χ3n) is 2.54. The van der Waals surface area contributed by atoms with E-state index in [-0.39, 0.29) is 5.91 Å². The third-order valence-corrected chi connectivity index (χ3v) is 3.25. The highest BCUT2D eigenvalue weighted by Gasteiger charge is 2.13. The van der Waals surface area contributed by atoms with Crippen LogP contribution in [0.5, 0.6) is 0 Å². The second-order valence-electron chi connectivity index (χ2n) is 3.43. The van der Waals surface area contributed by atoms with Crippen LogP contribution in [0.2, 0.25) is 0 Å². The lowest BCUT2D eigenvalue weighted by Crippen LogP contribution is -2.30. The molecule has 0 spiro atoms. The number of benzene rings is 1. The minimum Gasteiger partial charge on any atom is -0.339 e. The van der Waals surface area contributed by atoms with Gasteiger partial charge in [0, 0.05) is 18.7 Å². The van der Waals surface area contributed by atoms with Crippen LogP contribution in [-0.2, 0) is 0 Å². The minimum atomic E-state index is 0.0555. The molecule has 0 atom stereocenters. The van der Waals surface area contributed by atoms with Gasteiger partial charge in [0.2, 0.25) is 0 Å². The van der Waals surface area contributed by atoms with E-state index in [1.807, 2.05) is 26.0 Å². The molecule has 2 rings (SSSR count). The summed E-state index contributed by atoms with van der Waals surface area (Å²) in [5.74, 6) is 0.0555. The van der Waals surface area contributed by atoms with Crippen molar-refractivity contribution in [3.63, 3.8) is 0 Å². The number of amides is 1. The van der Waals surface area contributed by atoms with Crippen molar-refractivity contribution in [2.75, 3.05) is 13.1 Å². The normalized spacial score (nSPS) is 10.6. The number of aromatic nitrogens is 2. The molecule has 0 saturated heterocycles. The maximum absolute atomic E-state index is 12.1. The van der Waals surface area contributed by atoms with E-state index < -0.39 is 0 Å². The van der Waals surface area contributed by atoms with Gasteiger partial charge in [-0.25, -0.2) is 0 Å². The van der Waals surface area contributed by atoms with Gasteiger partial charge in [0.1, 0.15) is 5.52 Å². The first-order valence-corrected chi connectivity index (χ1v) is 6.05. The Morgan fingerprint density at radius 2 is 2.12 bits per heavy atom. The quantitative estimate of drug-likeness (QED) is 0.819. The Bertz CT molecular complexity index is 505. The molecule has 5 heteroatoms. The minimum absolute atomic E-state index is 0.0555. The molecule has 1 amide bonds. The van der Waals surface area contributed by atoms with Crippen LogP contribution in [0.15, 0.2) is 18.2 Å². The monoisotopic (exact) mass is 235 g/mol. The SMILES string of the molecule is CCN(CC)C(=O)c1ccc2snnc2c1. The smallest absolute Gasteiger partial charge is 0.253 e. The van der Waals surface area contributed by atoms with E-state index >= 15 is 0 Å². The topological polar surface area (TPSA) is 46.1 Å². The van der Waals surface area contributed by atoms with Gasteiger partial charge < -0.3 is 4.90 Å². The molecule has 0 radical (unpaired) electrons. The van der Waals surface area contributed by atoms with E-state index in [0.717, 1.165) is 23.3 Å². The molecule has 4 nitrogen and oxygen atoms in total. The lowest BCUT2D eigenvalue weighted by molar-refractivity contribution is 0.0773. The van der Waals surface area contributed by atoms with E-state index in [0.29, 0.717) is 5.56 Å². The van der Waals surface area contributed by atoms with Gasteiger partial charge in [-0.05, 0) is 43.6 Å². The van der Waals surface area contributed by atoms with Crippen molar-refractivity contribution in [1.29, 1.82) is 0 Å². The molecule has 1 aromatic carbocycles. The number of nitrogens with zero attached hydrogens (tertiary/aromatic N) is 3. The van der Waals surface area contributed by atoms with Crippen LogP contribution >= 0.6 is 11.5 Å². The van der Waals surface area contributed by atoms with E-state index in [9.17, 15) is 4.79 Å². The summed E-state index contributed by atoms with van der Waals surface area (Å²) in [5.41, 5.74) is 1.48. The number of carbonyl (C=O) groups is 1. The van der Waals surface area contributed by atoms with Gasteiger partial charge in [-0.15, -0.1) is 5.10 Å². The Hall–Kier alpha value is -1.49. The van der Waals surface area contributed by atoms with Crippen molar-refractivity contribution in [3.8, 4) is 0 Å². The predicted molar refractivity (Wildman–Crippen MR) is 64.7 cm³/mol. The summed E-state index contributed by atoms with van der Waals surface area (Å²) in [6.07, 6.45) is 0. The molecule has 0 fully saturated rings. The van der Waals surface area contributed by atoms with Crippen LogP contribution in [0, 0.1) is 0 Å². The van der Waals surface area contributed by atoms with E-state index in [1.165, 1.54) is 11.5 Å². The maximum atomic E-state index is 12.1. The molecule has 1 heterocycles. The number of hydrogen-bond donors (Lipinski definition) is 0. The predicted octanol–water partition coefficient (Wildman–Crippen LogP) is 2.17. The van der Waals surface area contributed by atoms with Crippen molar-refractivity contribution in [2.24, 2.45) is 0 Å². The highest BCUT2D eigenvalue weighted by Crippen LogP contribution is 2.17. The first-order chi connectivity index (χ1) is 7.76. The Labute approximate surface area is 98.0 Å². The third kappa shape index (κ3) is 1.90. The lowest BCUT2D eigenvalue weighted by atomic mass is 10.2. The number of hydrogen-bond acceptors (Lipinski definition) is 4.